The van der Waals surface area contributed by atoms with Crippen LogP contribution >= 0.6 is 0 Å². The molecular weight excluding hydrogens is 346 g/mol. The molecule has 25 heavy (non-hydrogen) atoms. The minimum atomic E-state index is -4.22. The molecule has 0 spiro atoms. The van der Waals surface area contributed by atoms with E-state index in [1.54, 1.807) is 4.72 Å². The maximum Gasteiger partial charge on any atom is 0.326 e. The number of hydroxylamine groups is 1. The highest BCUT2D eigenvalue weighted by atomic mass is 32.2. The molecule has 140 valence electrons. The summed E-state index contributed by atoms with van der Waals surface area (Å²) in [5.41, 5.74) is 6.92. The summed E-state index contributed by atoms with van der Waals surface area (Å²) >= 11 is 0. The van der Waals surface area contributed by atoms with E-state index in [0.29, 0.717) is 6.61 Å². The first-order chi connectivity index (χ1) is 11.9. The number of primary amides is 1. The Kier molecular flexibility index (Phi) is 8.93. The number of urea groups is 1. The number of hydrogen-bond acceptors (Lipinski definition) is 5. The number of rotatable bonds is 11. The largest absolute Gasteiger partial charge is 0.351 e. The van der Waals surface area contributed by atoms with Crippen molar-refractivity contribution in [1.82, 2.24) is 10.2 Å². The summed E-state index contributed by atoms with van der Waals surface area (Å²) in [6.45, 7) is 2.49. The molecule has 3 amide bonds. The van der Waals surface area contributed by atoms with Crippen molar-refractivity contribution < 1.29 is 22.8 Å². The predicted octanol–water partition coefficient (Wildman–Crippen LogP) is 2.07. The van der Waals surface area contributed by atoms with Gasteiger partial charge in [0.2, 0.25) is 0 Å². The molecule has 0 saturated carbocycles. The van der Waals surface area contributed by atoms with Crippen LogP contribution in [0.25, 0.3) is 0 Å². The lowest BCUT2D eigenvalue weighted by atomic mass is 10.1. The molecule has 1 rings (SSSR count). The third-order valence-corrected chi connectivity index (χ3v) is 4.83. The quantitative estimate of drug-likeness (QED) is 0.405. The van der Waals surface area contributed by atoms with Crippen LogP contribution < -0.4 is 15.9 Å². The molecule has 9 heteroatoms. The third kappa shape index (κ3) is 7.53. The summed E-state index contributed by atoms with van der Waals surface area (Å²) in [4.78, 5) is 27.7. The van der Waals surface area contributed by atoms with E-state index in [-0.39, 0.29) is 10.5 Å². The van der Waals surface area contributed by atoms with Gasteiger partial charge in [-0.15, -0.1) is 0 Å². The number of unbranched alkanes of at least 4 members (excludes halogenated alkanes) is 5. The van der Waals surface area contributed by atoms with Crippen LogP contribution in [-0.4, -0.2) is 27.0 Å². The van der Waals surface area contributed by atoms with Gasteiger partial charge in [-0.05, 0) is 18.6 Å². The second-order valence-corrected chi connectivity index (χ2v) is 7.16. The van der Waals surface area contributed by atoms with Crippen molar-refractivity contribution in [3.63, 3.8) is 0 Å². The molecule has 0 radical (unpaired) electrons. The van der Waals surface area contributed by atoms with Crippen molar-refractivity contribution in [3.05, 3.63) is 29.8 Å². The van der Waals surface area contributed by atoms with Gasteiger partial charge in [0.1, 0.15) is 4.90 Å². The van der Waals surface area contributed by atoms with Crippen LogP contribution in [0, 0.1) is 0 Å². The van der Waals surface area contributed by atoms with Crippen molar-refractivity contribution in [2.24, 2.45) is 5.73 Å². The summed E-state index contributed by atoms with van der Waals surface area (Å²) in [5.74, 6) is -0.712. The molecule has 0 unspecified atom stereocenters. The average molecular weight is 371 g/mol. The third-order valence-electron chi connectivity index (χ3n) is 3.42. The number of nitrogens with one attached hydrogen (secondary N) is 2. The lowest BCUT2D eigenvalue weighted by molar-refractivity contribution is 0.0294. The molecule has 0 heterocycles. The van der Waals surface area contributed by atoms with Gasteiger partial charge in [-0.2, -0.15) is 0 Å². The molecule has 0 fully saturated rings. The number of nitrogens with two attached hydrogens (primary N) is 1. The molecule has 1 aromatic carbocycles. The number of carbonyl (C=O) groups is 2. The Bertz CT molecular complexity index is 676. The van der Waals surface area contributed by atoms with E-state index in [4.69, 9.17) is 10.6 Å². The minimum absolute atomic E-state index is 0.140. The highest BCUT2D eigenvalue weighted by molar-refractivity contribution is 7.90. The fourth-order valence-corrected chi connectivity index (χ4v) is 3.28. The zero-order chi connectivity index (χ0) is 18.7. The number of carbonyl (C=O) groups excluding carboxylic acids is 2. The standard InChI is InChI=1S/C16H25N3O5S/c1-2-3-4-5-6-9-12-24-18-15(20)13-10-7-8-11-14(13)25(22,23)19-16(17)21/h7-8,10-11H,2-6,9,12H2,1H3,(H,18,20)(H3,17,19,21). The lowest BCUT2D eigenvalue weighted by Gasteiger charge is -2.11. The molecular formula is C16H25N3O5S. The summed E-state index contributed by atoms with van der Waals surface area (Å²) in [6.07, 6.45) is 6.49. The molecule has 8 nitrogen and oxygen atoms in total. The van der Waals surface area contributed by atoms with Crippen LogP contribution in [0.5, 0.6) is 0 Å². The van der Waals surface area contributed by atoms with Crippen molar-refractivity contribution in [3.8, 4) is 0 Å². The molecule has 0 bridgehead atoms. The van der Waals surface area contributed by atoms with E-state index in [1.165, 1.54) is 43.5 Å². The molecule has 0 aliphatic heterocycles. The first-order valence-corrected chi connectivity index (χ1v) is 9.70. The van der Waals surface area contributed by atoms with Gasteiger partial charge in [-0.25, -0.2) is 23.4 Å². The number of amides is 3. The topological polar surface area (TPSA) is 128 Å². The fraction of sp³-hybridized carbons (Fsp3) is 0.500. The highest BCUT2D eigenvalue weighted by Crippen LogP contribution is 2.15. The van der Waals surface area contributed by atoms with E-state index in [9.17, 15) is 18.0 Å². The van der Waals surface area contributed by atoms with E-state index in [1.807, 2.05) is 0 Å². The second kappa shape index (κ2) is 10.7. The summed E-state index contributed by atoms with van der Waals surface area (Å²) in [7, 11) is -4.22. The van der Waals surface area contributed by atoms with E-state index < -0.39 is 22.0 Å². The van der Waals surface area contributed by atoms with Gasteiger partial charge in [-0.3, -0.25) is 9.63 Å². The number of benzene rings is 1. The van der Waals surface area contributed by atoms with Crippen LogP contribution in [0.1, 0.15) is 55.8 Å². The molecule has 0 aliphatic rings. The van der Waals surface area contributed by atoms with Crippen molar-refractivity contribution >= 4 is 22.0 Å². The maximum atomic E-state index is 12.1. The van der Waals surface area contributed by atoms with E-state index in [0.717, 1.165) is 19.3 Å². The van der Waals surface area contributed by atoms with Crippen molar-refractivity contribution in [2.75, 3.05) is 6.61 Å². The minimum Gasteiger partial charge on any atom is -0.351 e. The second-order valence-electron chi connectivity index (χ2n) is 5.51. The molecule has 0 aliphatic carbocycles. The molecule has 1 aromatic rings. The van der Waals surface area contributed by atoms with Gasteiger partial charge in [0.05, 0.1) is 12.2 Å². The van der Waals surface area contributed by atoms with Crippen LogP contribution in [0.4, 0.5) is 4.79 Å². The predicted molar refractivity (Wildman–Crippen MR) is 93.1 cm³/mol. The van der Waals surface area contributed by atoms with E-state index in [2.05, 4.69) is 12.4 Å². The first kappa shape index (κ1) is 20.9. The van der Waals surface area contributed by atoms with E-state index >= 15 is 0 Å². The summed E-state index contributed by atoms with van der Waals surface area (Å²) < 4.78 is 25.7. The van der Waals surface area contributed by atoms with Gasteiger partial charge in [-0.1, -0.05) is 51.2 Å². The van der Waals surface area contributed by atoms with Crippen molar-refractivity contribution in [1.29, 1.82) is 0 Å². The van der Waals surface area contributed by atoms with Crippen LogP contribution in [0.2, 0.25) is 0 Å². The Hall–Kier alpha value is -2.13. The zero-order valence-corrected chi connectivity index (χ0v) is 15.1. The fourth-order valence-electron chi connectivity index (χ4n) is 2.20. The van der Waals surface area contributed by atoms with Gasteiger partial charge in [0, 0.05) is 0 Å². The van der Waals surface area contributed by atoms with Crippen LogP contribution in [0.3, 0.4) is 0 Å². The normalized spacial score (nSPS) is 11.1. The molecule has 4 N–H and O–H groups in total. The smallest absolute Gasteiger partial charge is 0.326 e. The highest BCUT2D eigenvalue weighted by Gasteiger charge is 2.23. The van der Waals surface area contributed by atoms with Crippen LogP contribution in [-0.2, 0) is 14.9 Å². The maximum absolute atomic E-state index is 12.1. The SMILES string of the molecule is CCCCCCCCONC(=O)c1ccccc1S(=O)(=O)NC(N)=O. The van der Waals surface area contributed by atoms with Crippen molar-refractivity contribution in [2.45, 2.75) is 50.3 Å². The number of hydrogen-bond donors (Lipinski definition) is 3. The van der Waals surface area contributed by atoms with Gasteiger partial charge >= 0.3 is 6.03 Å². The first-order valence-electron chi connectivity index (χ1n) is 8.22. The Balaban J connectivity index is 2.55. The Morgan fingerprint density at radius 1 is 1.08 bits per heavy atom. The number of sulfonamides is 1. The lowest BCUT2D eigenvalue weighted by Crippen LogP contribution is -2.36. The molecule has 0 saturated heterocycles. The van der Waals surface area contributed by atoms with Crippen LogP contribution in [0.15, 0.2) is 29.2 Å². The Morgan fingerprint density at radius 2 is 1.72 bits per heavy atom. The molecule has 0 aromatic heterocycles. The van der Waals surface area contributed by atoms with Gasteiger partial charge in [0.15, 0.2) is 0 Å². The van der Waals surface area contributed by atoms with Gasteiger partial charge < -0.3 is 5.73 Å². The Labute approximate surface area is 148 Å². The monoisotopic (exact) mass is 371 g/mol. The Morgan fingerprint density at radius 3 is 2.40 bits per heavy atom. The summed E-state index contributed by atoms with van der Waals surface area (Å²) in [5, 5.41) is 0. The summed E-state index contributed by atoms with van der Waals surface area (Å²) in [6, 6.07) is 4.23. The molecule has 0 atom stereocenters. The average Bonchev–Trinajstić information content (AvgIpc) is 2.56. The zero-order valence-electron chi connectivity index (χ0n) is 14.3. The van der Waals surface area contributed by atoms with Gasteiger partial charge in [0.25, 0.3) is 15.9 Å².